The first kappa shape index (κ1) is 16.8. The summed E-state index contributed by atoms with van der Waals surface area (Å²) >= 11 is 0. The van der Waals surface area contributed by atoms with Gasteiger partial charge in [-0.2, -0.15) is 0 Å². The van der Waals surface area contributed by atoms with Crippen molar-refractivity contribution in [1.82, 2.24) is 15.1 Å². The van der Waals surface area contributed by atoms with Crippen LogP contribution in [0.2, 0.25) is 0 Å². The maximum absolute atomic E-state index is 12.4. The maximum Gasteiger partial charge on any atom is 0.317 e. The lowest BCUT2D eigenvalue weighted by molar-refractivity contribution is -0.126. The van der Waals surface area contributed by atoms with Crippen LogP contribution in [-0.4, -0.2) is 67.7 Å². The number of likely N-dealkylation sites (N-methyl/N-ethyl adjacent to an activating group) is 1. The van der Waals surface area contributed by atoms with Gasteiger partial charge in [-0.25, -0.2) is 4.79 Å². The fraction of sp³-hybridized carbons (Fsp3) is 0.474. The molecule has 7 nitrogen and oxygen atoms in total. The molecule has 0 aliphatic carbocycles. The van der Waals surface area contributed by atoms with E-state index >= 15 is 0 Å². The largest absolute Gasteiger partial charge is 0.486 e. The number of hydrogen-bond acceptors (Lipinski definition) is 4. The standard InChI is InChI=1S/C19H23N3O4/c1-21-12-15(11-18(21)23)20-19(24)22-6-4-13(5-7-22)14-2-3-16-17(10-14)26-9-8-25-16/h2-4,10,15H,5-9,11-12H2,1H3,(H,20,24). The quantitative estimate of drug-likeness (QED) is 0.871. The third-order valence-electron chi connectivity index (χ3n) is 5.08. The topological polar surface area (TPSA) is 71.1 Å². The van der Waals surface area contributed by atoms with Crippen molar-refractivity contribution in [1.29, 1.82) is 0 Å². The lowest BCUT2D eigenvalue weighted by Gasteiger charge is -2.28. The van der Waals surface area contributed by atoms with E-state index in [0.717, 1.165) is 23.5 Å². The number of carbonyl (C=O) groups is 2. The van der Waals surface area contributed by atoms with Crippen molar-refractivity contribution < 1.29 is 19.1 Å². The third-order valence-corrected chi connectivity index (χ3v) is 5.08. The summed E-state index contributed by atoms with van der Waals surface area (Å²) in [4.78, 5) is 27.4. The van der Waals surface area contributed by atoms with Gasteiger partial charge in [-0.1, -0.05) is 12.1 Å². The van der Waals surface area contributed by atoms with Gasteiger partial charge in [-0.15, -0.1) is 0 Å². The fourth-order valence-corrected chi connectivity index (χ4v) is 3.59. The number of hydrogen-bond donors (Lipinski definition) is 1. The number of carbonyl (C=O) groups excluding carboxylic acids is 2. The Kier molecular flexibility index (Phi) is 4.44. The summed E-state index contributed by atoms with van der Waals surface area (Å²) in [5.41, 5.74) is 2.32. The van der Waals surface area contributed by atoms with Crippen LogP contribution in [0.15, 0.2) is 24.3 Å². The fourth-order valence-electron chi connectivity index (χ4n) is 3.59. The predicted molar refractivity (Wildman–Crippen MR) is 96.2 cm³/mol. The van der Waals surface area contributed by atoms with Crippen LogP contribution in [0.5, 0.6) is 11.5 Å². The monoisotopic (exact) mass is 357 g/mol. The van der Waals surface area contributed by atoms with Crippen molar-refractivity contribution in [2.75, 3.05) is 39.9 Å². The SMILES string of the molecule is CN1CC(NC(=O)N2CC=C(c3ccc4c(c3)OCCO4)CC2)CC1=O. The summed E-state index contributed by atoms with van der Waals surface area (Å²) in [7, 11) is 1.76. The Balaban J connectivity index is 1.37. The summed E-state index contributed by atoms with van der Waals surface area (Å²) in [6.45, 7) is 2.95. The molecule has 1 unspecified atom stereocenters. The van der Waals surface area contributed by atoms with Crippen LogP contribution < -0.4 is 14.8 Å². The van der Waals surface area contributed by atoms with Crippen LogP contribution in [0.1, 0.15) is 18.4 Å². The molecule has 1 aromatic carbocycles. The van der Waals surface area contributed by atoms with Gasteiger partial charge in [0.1, 0.15) is 13.2 Å². The second kappa shape index (κ2) is 6.90. The predicted octanol–water partition coefficient (Wildman–Crippen LogP) is 1.49. The van der Waals surface area contributed by atoms with E-state index in [4.69, 9.17) is 9.47 Å². The van der Waals surface area contributed by atoms with Gasteiger partial charge in [0.25, 0.3) is 0 Å². The molecule has 0 saturated carbocycles. The molecule has 26 heavy (non-hydrogen) atoms. The second-order valence-electron chi connectivity index (χ2n) is 6.91. The molecule has 1 fully saturated rings. The third kappa shape index (κ3) is 3.34. The van der Waals surface area contributed by atoms with Crippen molar-refractivity contribution in [3.63, 3.8) is 0 Å². The minimum Gasteiger partial charge on any atom is -0.486 e. The van der Waals surface area contributed by atoms with Crippen molar-refractivity contribution >= 4 is 17.5 Å². The Bertz CT molecular complexity index is 761. The van der Waals surface area contributed by atoms with Crippen molar-refractivity contribution in [3.8, 4) is 11.5 Å². The molecule has 138 valence electrons. The van der Waals surface area contributed by atoms with Crippen molar-refractivity contribution in [2.24, 2.45) is 0 Å². The van der Waals surface area contributed by atoms with Crippen LogP contribution >= 0.6 is 0 Å². The summed E-state index contributed by atoms with van der Waals surface area (Å²) in [5.74, 6) is 1.65. The number of rotatable bonds is 2. The molecule has 0 bridgehead atoms. The van der Waals surface area contributed by atoms with Crippen LogP contribution in [0, 0.1) is 0 Å². The number of amides is 3. The van der Waals surface area contributed by atoms with E-state index in [1.807, 2.05) is 18.2 Å². The summed E-state index contributed by atoms with van der Waals surface area (Å²) in [5, 5.41) is 2.96. The summed E-state index contributed by atoms with van der Waals surface area (Å²) in [6, 6.07) is 5.79. The zero-order valence-electron chi connectivity index (χ0n) is 14.9. The van der Waals surface area contributed by atoms with Crippen molar-refractivity contribution in [3.05, 3.63) is 29.8 Å². The van der Waals surface area contributed by atoms with E-state index in [9.17, 15) is 9.59 Å². The Labute approximate surface area is 152 Å². The Morgan fingerprint density at radius 2 is 2.04 bits per heavy atom. The van der Waals surface area contributed by atoms with Gasteiger partial charge in [0.05, 0.1) is 6.04 Å². The van der Waals surface area contributed by atoms with E-state index in [1.54, 1.807) is 16.8 Å². The average Bonchev–Trinajstić information content (AvgIpc) is 2.98. The number of likely N-dealkylation sites (tertiary alicyclic amines) is 1. The first-order valence-corrected chi connectivity index (χ1v) is 8.98. The number of nitrogens with one attached hydrogen (secondary N) is 1. The first-order valence-electron chi connectivity index (χ1n) is 8.98. The number of nitrogens with zero attached hydrogens (tertiary/aromatic N) is 2. The highest BCUT2D eigenvalue weighted by Gasteiger charge is 2.29. The highest BCUT2D eigenvalue weighted by atomic mass is 16.6. The number of fused-ring (bicyclic) bond motifs is 1. The number of benzene rings is 1. The molecule has 3 amide bonds. The van der Waals surface area contributed by atoms with Crippen LogP contribution in [-0.2, 0) is 4.79 Å². The molecule has 3 aliphatic rings. The lowest BCUT2D eigenvalue weighted by atomic mass is 9.99. The van der Waals surface area contributed by atoms with E-state index in [-0.39, 0.29) is 18.0 Å². The van der Waals surface area contributed by atoms with Gasteiger partial charge in [0, 0.05) is 33.1 Å². The lowest BCUT2D eigenvalue weighted by Crippen LogP contribution is -2.47. The molecule has 0 aromatic heterocycles. The van der Waals surface area contributed by atoms with Gasteiger partial charge < -0.3 is 24.6 Å². The molecule has 1 atom stereocenters. The van der Waals surface area contributed by atoms with Crippen LogP contribution in [0.25, 0.3) is 5.57 Å². The molecule has 0 spiro atoms. The first-order chi connectivity index (χ1) is 12.6. The van der Waals surface area contributed by atoms with E-state index < -0.39 is 0 Å². The molecule has 7 heteroatoms. The van der Waals surface area contributed by atoms with Crippen LogP contribution in [0.3, 0.4) is 0 Å². The zero-order chi connectivity index (χ0) is 18.1. The molecule has 1 N–H and O–H groups in total. The maximum atomic E-state index is 12.4. The molecular weight excluding hydrogens is 334 g/mol. The molecule has 0 radical (unpaired) electrons. The van der Waals surface area contributed by atoms with Crippen LogP contribution in [0.4, 0.5) is 4.79 Å². The smallest absolute Gasteiger partial charge is 0.317 e. The minimum absolute atomic E-state index is 0.0785. The molecular formula is C19H23N3O4. The van der Waals surface area contributed by atoms with E-state index in [0.29, 0.717) is 39.3 Å². The van der Waals surface area contributed by atoms with Gasteiger partial charge in [0.2, 0.25) is 5.91 Å². The Morgan fingerprint density at radius 3 is 2.73 bits per heavy atom. The number of ether oxygens (including phenoxy) is 2. The highest BCUT2D eigenvalue weighted by molar-refractivity contribution is 5.82. The van der Waals surface area contributed by atoms with E-state index in [2.05, 4.69) is 11.4 Å². The second-order valence-corrected chi connectivity index (χ2v) is 6.91. The van der Waals surface area contributed by atoms with E-state index in [1.165, 1.54) is 5.57 Å². The van der Waals surface area contributed by atoms with Gasteiger partial charge in [-0.05, 0) is 29.7 Å². The van der Waals surface area contributed by atoms with Crippen molar-refractivity contribution in [2.45, 2.75) is 18.9 Å². The molecule has 3 aliphatic heterocycles. The summed E-state index contributed by atoms with van der Waals surface area (Å²) in [6.07, 6.45) is 3.26. The molecule has 3 heterocycles. The Morgan fingerprint density at radius 1 is 1.23 bits per heavy atom. The number of urea groups is 1. The molecule has 1 saturated heterocycles. The normalized spacial score (nSPS) is 22.3. The minimum atomic E-state index is -0.101. The highest BCUT2D eigenvalue weighted by Crippen LogP contribution is 2.34. The van der Waals surface area contributed by atoms with Gasteiger partial charge >= 0.3 is 6.03 Å². The van der Waals surface area contributed by atoms with Gasteiger partial charge in [0.15, 0.2) is 11.5 Å². The molecule has 4 rings (SSSR count). The summed E-state index contributed by atoms with van der Waals surface area (Å²) < 4.78 is 11.2. The van der Waals surface area contributed by atoms with Gasteiger partial charge in [-0.3, -0.25) is 4.79 Å². The molecule has 1 aromatic rings. The Hall–Kier alpha value is -2.70. The zero-order valence-corrected chi connectivity index (χ0v) is 14.9. The average molecular weight is 357 g/mol.